The predicted octanol–water partition coefficient (Wildman–Crippen LogP) is 0.881. The molecule has 38 valence electrons. The average Bonchev–Trinajstić information content (AvgIpc) is 1.38. The molecule has 0 bridgehead atoms. The van der Waals surface area contributed by atoms with Gasteiger partial charge >= 0.3 is 0 Å². The van der Waals surface area contributed by atoms with Gasteiger partial charge in [0.15, 0.2) is 0 Å². The fraction of sp³-hybridized carbons (Fsp3) is 1.00. The molecule has 0 aliphatic rings. The van der Waals surface area contributed by atoms with Gasteiger partial charge in [-0.25, -0.2) is 0 Å². The van der Waals surface area contributed by atoms with Gasteiger partial charge < -0.3 is 4.43 Å². The van der Waals surface area contributed by atoms with Gasteiger partial charge in [-0.05, 0) is 13.1 Å². The normalized spacial score (nSPS) is 8.00. The molecule has 0 amide bonds. The minimum Gasteiger partial charge on any atom is -0.420 e. The van der Waals surface area contributed by atoms with Crippen molar-refractivity contribution in [3.05, 3.63) is 0 Å². The van der Waals surface area contributed by atoms with Crippen LogP contribution in [0.15, 0.2) is 0 Å². The maximum Gasteiger partial charge on any atom is 0.204 e. The first-order valence-corrected chi connectivity index (χ1v) is 4.02. The van der Waals surface area contributed by atoms with Gasteiger partial charge in [0, 0.05) is 27.5 Å². The number of rotatable bonds is 1. The Labute approximate surface area is 54.5 Å². The molecule has 0 heterocycles. The van der Waals surface area contributed by atoms with Crippen LogP contribution in [-0.4, -0.2) is 16.2 Å². The molecular weight excluding hydrogens is 266 g/mol. The zero-order valence-corrected chi connectivity index (χ0v) is 8.00. The molecule has 1 nitrogen and oxygen atoms in total. The summed E-state index contributed by atoms with van der Waals surface area (Å²) >= 11 is 0. The molecule has 0 atom stereocenters. The number of hydrogen-bond donors (Lipinski definition) is 0. The van der Waals surface area contributed by atoms with E-state index < -0.39 is 0 Å². The average molecular weight is 275 g/mol. The fourth-order valence-corrected chi connectivity index (χ4v) is 0. The summed E-state index contributed by atoms with van der Waals surface area (Å²) in [7, 11) is 1.37. The largest absolute Gasteiger partial charge is 0.420 e. The van der Waals surface area contributed by atoms with Gasteiger partial charge in [0.2, 0.25) is 9.04 Å². The Hall–Kier alpha value is 0.839. The summed E-state index contributed by atoms with van der Waals surface area (Å²) in [5.41, 5.74) is 0. The molecule has 0 aromatic rings. The molecule has 0 aliphatic carbocycles. The minimum atomic E-state index is -0.374. The van der Waals surface area contributed by atoms with Crippen molar-refractivity contribution in [3.63, 3.8) is 0 Å². The number of hydrogen-bond acceptors (Lipinski definition) is 1. The van der Waals surface area contributed by atoms with E-state index in [9.17, 15) is 0 Å². The van der Waals surface area contributed by atoms with Crippen molar-refractivity contribution in [3.8, 4) is 0 Å². The summed E-state index contributed by atoms with van der Waals surface area (Å²) in [6.45, 7) is 4.20. The van der Waals surface area contributed by atoms with Gasteiger partial charge in [-0.1, -0.05) is 0 Å². The van der Waals surface area contributed by atoms with E-state index in [4.69, 9.17) is 4.43 Å². The van der Waals surface area contributed by atoms with Crippen molar-refractivity contribution < 1.29 is 24.8 Å². The second-order valence-electron chi connectivity index (χ2n) is 1.11. The molecule has 0 aromatic heterocycles. The summed E-state index contributed by atoms with van der Waals surface area (Å²) in [5, 5.41) is 0. The van der Waals surface area contributed by atoms with Crippen LogP contribution in [0.4, 0.5) is 0 Å². The van der Waals surface area contributed by atoms with Crippen LogP contribution in [0.2, 0.25) is 13.1 Å². The van der Waals surface area contributed by atoms with Gasteiger partial charge in [-0.15, -0.1) is 0 Å². The van der Waals surface area contributed by atoms with Crippen LogP contribution < -0.4 is 0 Å². The smallest absolute Gasteiger partial charge is 0.204 e. The molecule has 0 rings (SSSR count). The van der Waals surface area contributed by atoms with Crippen LogP contribution in [0, 0.1) is 0 Å². The molecule has 3 heteroatoms. The van der Waals surface area contributed by atoms with Gasteiger partial charge in [0.25, 0.3) is 0 Å². The maximum absolute atomic E-state index is 4.85. The van der Waals surface area contributed by atoms with E-state index in [-0.39, 0.29) is 29.5 Å². The first-order chi connectivity index (χ1) is 2.27. The van der Waals surface area contributed by atoms with Gasteiger partial charge in [-0.3, -0.25) is 0 Å². The Morgan fingerprint density at radius 2 is 1.50 bits per heavy atom. The van der Waals surface area contributed by atoms with Gasteiger partial charge in [0.1, 0.15) is 0 Å². The quantitative estimate of drug-likeness (QED) is 0.646. The van der Waals surface area contributed by atoms with Crippen molar-refractivity contribution >= 4 is 9.04 Å². The topological polar surface area (TPSA) is 9.23 Å². The van der Waals surface area contributed by atoms with Crippen molar-refractivity contribution in [1.29, 1.82) is 0 Å². The van der Waals surface area contributed by atoms with E-state index in [1.54, 1.807) is 7.11 Å². The van der Waals surface area contributed by atoms with Crippen LogP contribution in [0.1, 0.15) is 0 Å². The Balaban J connectivity index is 0. The Bertz CT molecular complexity index is 24.8. The van der Waals surface area contributed by atoms with E-state index >= 15 is 0 Å². The van der Waals surface area contributed by atoms with E-state index in [1.165, 1.54) is 0 Å². The zero-order chi connectivity index (χ0) is 4.28. The molecule has 0 fully saturated rings. The third-order valence-electron chi connectivity index (χ3n) is 0.408. The first-order valence-electron chi connectivity index (χ1n) is 1.61. The zero-order valence-electron chi connectivity index (χ0n) is 4.29. The van der Waals surface area contributed by atoms with Gasteiger partial charge in [-0.2, -0.15) is 0 Å². The van der Waals surface area contributed by atoms with Gasteiger partial charge in [0.05, 0.1) is 0 Å². The first kappa shape index (κ1) is 9.96. The van der Waals surface area contributed by atoms with Crippen LogP contribution in [0.25, 0.3) is 0 Å². The summed E-state index contributed by atoms with van der Waals surface area (Å²) in [4.78, 5) is 0. The van der Waals surface area contributed by atoms with E-state index in [0.717, 1.165) is 0 Å². The Morgan fingerprint density at radius 1 is 1.33 bits per heavy atom. The standard InChI is InChI=1S/C3H9OSi.Re/c1-4-5(2)3;/h1-3H3;. The molecule has 0 aromatic carbocycles. The molecular formula is C3H9OReSi. The summed E-state index contributed by atoms with van der Waals surface area (Å²) in [6.07, 6.45) is 0. The van der Waals surface area contributed by atoms with Crippen molar-refractivity contribution in [2.24, 2.45) is 0 Å². The van der Waals surface area contributed by atoms with Crippen LogP contribution in [0.5, 0.6) is 0 Å². The third-order valence-corrected chi connectivity index (χ3v) is 1.22. The second kappa shape index (κ2) is 5.84. The van der Waals surface area contributed by atoms with Crippen LogP contribution >= 0.6 is 0 Å². The van der Waals surface area contributed by atoms with Crippen molar-refractivity contribution in [2.75, 3.05) is 7.11 Å². The monoisotopic (exact) mass is 276 g/mol. The molecule has 6 heavy (non-hydrogen) atoms. The van der Waals surface area contributed by atoms with Crippen molar-refractivity contribution in [2.45, 2.75) is 13.1 Å². The predicted molar refractivity (Wildman–Crippen MR) is 24.5 cm³/mol. The third kappa shape index (κ3) is 8.85. The SMILES string of the molecule is CO[Si](C)C.[Re]. The van der Waals surface area contributed by atoms with E-state index in [2.05, 4.69) is 13.1 Å². The molecule has 0 N–H and O–H groups in total. The Kier molecular flexibility index (Phi) is 9.69. The maximum atomic E-state index is 4.85. The van der Waals surface area contributed by atoms with E-state index in [1.807, 2.05) is 0 Å². The molecule has 0 unspecified atom stereocenters. The van der Waals surface area contributed by atoms with Crippen LogP contribution in [0.3, 0.4) is 0 Å². The summed E-state index contributed by atoms with van der Waals surface area (Å²) in [5.74, 6) is 0. The van der Waals surface area contributed by atoms with E-state index in [0.29, 0.717) is 0 Å². The molecule has 0 aliphatic heterocycles. The summed E-state index contributed by atoms with van der Waals surface area (Å²) < 4.78 is 4.85. The molecule has 0 spiro atoms. The molecule has 0 saturated heterocycles. The molecule has 2 radical (unpaired) electrons. The molecule has 0 saturated carbocycles. The fourth-order valence-electron chi connectivity index (χ4n) is 0. The Morgan fingerprint density at radius 3 is 1.50 bits per heavy atom. The second-order valence-corrected chi connectivity index (χ2v) is 3.34. The van der Waals surface area contributed by atoms with Crippen molar-refractivity contribution in [1.82, 2.24) is 0 Å². The summed E-state index contributed by atoms with van der Waals surface area (Å²) in [6, 6.07) is 0. The minimum absolute atomic E-state index is 0. The van der Waals surface area contributed by atoms with Crippen LogP contribution in [-0.2, 0) is 24.8 Å².